The highest BCUT2D eigenvalue weighted by Crippen LogP contribution is 2.31. The summed E-state index contributed by atoms with van der Waals surface area (Å²) in [7, 11) is 1.59. The van der Waals surface area contributed by atoms with Crippen LogP contribution in [-0.4, -0.2) is 7.11 Å². The summed E-state index contributed by atoms with van der Waals surface area (Å²) in [6.07, 6.45) is 0. The number of hydrogen-bond donors (Lipinski definition) is 0. The average molecular weight is 407 g/mol. The fourth-order valence-electron chi connectivity index (χ4n) is 2.99. The molecule has 0 radical (unpaired) electrons. The van der Waals surface area contributed by atoms with Gasteiger partial charge < -0.3 is 9.15 Å². The van der Waals surface area contributed by atoms with Crippen molar-refractivity contribution in [3.05, 3.63) is 87.7 Å². The standard InChI is InChI=1S/C22H15BrO3/c1-25-18-10-11-19-20(13-22(24)26-21(19)12-18)16-4-2-14(3-5-16)15-6-8-17(23)9-7-15/h2-13H,1H3. The highest BCUT2D eigenvalue weighted by Gasteiger charge is 2.09. The molecule has 0 bridgehead atoms. The van der Waals surface area contributed by atoms with Gasteiger partial charge in [0.05, 0.1) is 7.11 Å². The Bertz CT molecular complexity index is 1130. The molecule has 1 aromatic heterocycles. The van der Waals surface area contributed by atoms with Crippen molar-refractivity contribution >= 4 is 26.9 Å². The first kappa shape index (κ1) is 16.6. The van der Waals surface area contributed by atoms with E-state index in [-0.39, 0.29) is 5.63 Å². The summed E-state index contributed by atoms with van der Waals surface area (Å²) in [5.74, 6) is 0.656. The SMILES string of the molecule is COc1ccc2c(-c3ccc(-c4ccc(Br)cc4)cc3)cc(=O)oc2c1. The fraction of sp³-hybridized carbons (Fsp3) is 0.0455. The van der Waals surface area contributed by atoms with Crippen LogP contribution < -0.4 is 10.4 Å². The number of ether oxygens (including phenoxy) is 1. The molecule has 0 aliphatic rings. The highest BCUT2D eigenvalue weighted by atomic mass is 79.9. The molecule has 128 valence electrons. The van der Waals surface area contributed by atoms with Crippen molar-refractivity contribution in [2.75, 3.05) is 7.11 Å². The fourth-order valence-corrected chi connectivity index (χ4v) is 3.26. The zero-order valence-corrected chi connectivity index (χ0v) is 15.6. The zero-order chi connectivity index (χ0) is 18.1. The minimum Gasteiger partial charge on any atom is -0.497 e. The molecule has 0 spiro atoms. The van der Waals surface area contributed by atoms with Gasteiger partial charge in [-0.25, -0.2) is 4.79 Å². The largest absolute Gasteiger partial charge is 0.497 e. The molecule has 0 amide bonds. The van der Waals surface area contributed by atoms with Crippen molar-refractivity contribution < 1.29 is 9.15 Å². The van der Waals surface area contributed by atoms with Gasteiger partial charge in [-0.05, 0) is 46.5 Å². The second-order valence-electron chi connectivity index (χ2n) is 5.93. The third-order valence-electron chi connectivity index (χ3n) is 4.33. The Labute approximate surface area is 159 Å². The van der Waals surface area contributed by atoms with Crippen molar-refractivity contribution in [3.63, 3.8) is 0 Å². The van der Waals surface area contributed by atoms with E-state index in [2.05, 4.69) is 40.2 Å². The lowest BCUT2D eigenvalue weighted by atomic mass is 9.98. The molecule has 4 heteroatoms. The van der Waals surface area contributed by atoms with Gasteiger partial charge in [0, 0.05) is 22.0 Å². The maximum atomic E-state index is 12.0. The number of methoxy groups -OCH3 is 1. The van der Waals surface area contributed by atoms with Crippen LogP contribution >= 0.6 is 15.9 Å². The summed E-state index contributed by atoms with van der Waals surface area (Å²) in [5.41, 5.74) is 4.22. The maximum Gasteiger partial charge on any atom is 0.336 e. The molecular weight excluding hydrogens is 392 g/mol. The average Bonchev–Trinajstić information content (AvgIpc) is 2.67. The lowest BCUT2D eigenvalue weighted by Gasteiger charge is -2.08. The van der Waals surface area contributed by atoms with E-state index in [4.69, 9.17) is 9.15 Å². The molecular formula is C22H15BrO3. The molecule has 0 saturated heterocycles. The third-order valence-corrected chi connectivity index (χ3v) is 4.85. The maximum absolute atomic E-state index is 12.0. The summed E-state index contributed by atoms with van der Waals surface area (Å²) in [5, 5.41) is 0.877. The van der Waals surface area contributed by atoms with Gasteiger partial charge in [0.1, 0.15) is 11.3 Å². The number of halogens is 1. The first-order valence-electron chi connectivity index (χ1n) is 8.12. The molecule has 26 heavy (non-hydrogen) atoms. The number of rotatable bonds is 3. The quantitative estimate of drug-likeness (QED) is 0.397. The van der Waals surface area contributed by atoms with Gasteiger partial charge >= 0.3 is 5.63 Å². The lowest BCUT2D eigenvalue weighted by molar-refractivity contribution is 0.414. The van der Waals surface area contributed by atoms with Crippen LogP contribution in [0.3, 0.4) is 0 Å². The Hall–Kier alpha value is -2.85. The Morgan fingerprint density at radius 3 is 2.08 bits per heavy atom. The van der Waals surface area contributed by atoms with Crippen molar-refractivity contribution in [3.8, 4) is 28.0 Å². The Balaban J connectivity index is 1.80. The number of hydrogen-bond acceptors (Lipinski definition) is 3. The topological polar surface area (TPSA) is 39.4 Å². The van der Waals surface area contributed by atoms with E-state index in [1.807, 2.05) is 36.4 Å². The zero-order valence-electron chi connectivity index (χ0n) is 14.0. The van der Waals surface area contributed by atoms with E-state index in [9.17, 15) is 4.79 Å². The second kappa shape index (κ2) is 6.81. The van der Waals surface area contributed by atoms with E-state index >= 15 is 0 Å². The van der Waals surface area contributed by atoms with Crippen molar-refractivity contribution in [2.45, 2.75) is 0 Å². The van der Waals surface area contributed by atoms with Gasteiger partial charge in [-0.1, -0.05) is 52.3 Å². The number of fused-ring (bicyclic) bond motifs is 1. The molecule has 0 aliphatic carbocycles. The monoisotopic (exact) mass is 406 g/mol. The van der Waals surface area contributed by atoms with Gasteiger partial charge in [-0.2, -0.15) is 0 Å². The first-order valence-corrected chi connectivity index (χ1v) is 8.91. The van der Waals surface area contributed by atoms with Gasteiger partial charge in [-0.15, -0.1) is 0 Å². The van der Waals surface area contributed by atoms with E-state index in [1.54, 1.807) is 13.2 Å². The van der Waals surface area contributed by atoms with Crippen LogP contribution in [0.1, 0.15) is 0 Å². The molecule has 3 nitrogen and oxygen atoms in total. The Kier molecular flexibility index (Phi) is 4.35. The van der Waals surface area contributed by atoms with E-state index in [0.717, 1.165) is 32.1 Å². The van der Waals surface area contributed by atoms with Crippen molar-refractivity contribution in [1.29, 1.82) is 0 Å². The van der Waals surface area contributed by atoms with E-state index in [1.165, 1.54) is 6.07 Å². The molecule has 4 rings (SSSR count). The second-order valence-corrected chi connectivity index (χ2v) is 6.84. The predicted molar refractivity (Wildman–Crippen MR) is 108 cm³/mol. The van der Waals surface area contributed by atoms with Gasteiger partial charge in [0.25, 0.3) is 0 Å². The van der Waals surface area contributed by atoms with Crippen LogP contribution in [0.2, 0.25) is 0 Å². The summed E-state index contributed by atoms with van der Waals surface area (Å²) in [6.45, 7) is 0. The molecule has 0 N–H and O–H groups in total. The van der Waals surface area contributed by atoms with E-state index < -0.39 is 0 Å². The van der Waals surface area contributed by atoms with E-state index in [0.29, 0.717) is 11.3 Å². The van der Waals surface area contributed by atoms with Crippen LogP contribution in [0.5, 0.6) is 5.75 Å². The number of benzene rings is 3. The molecule has 0 unspecified atom stereocenters. The lowest BCUT2D eigenvalue weighted by Crippen LogP contribution is -1.98. The smallest absolute Gasteiger partial charge is 0.336 e. The van der Waals surface area contributed by atoms with Crippen LogP contribution in [0.25, 0.3) is 33.2 Å². The van der Waals surface area contributed by atoms with Crippen LogP contribution in [0, 0.1) is 0 Å². The van der Waals surface area contributed by atoms with Gasteiger partial charge in [0.2, 0.25) is 0 Å². The molecule has 0 atom stereocenters. The van der Waals surface area contributed by atoms with Crippen molar-refractivity contribution in [1.82, 2.24) is 0 Å². The molecule has 4 aromatic rings. The van der Waals surface area contributed by atoms with Gasteiger partial charge in [0.15, 0.2) is 0 Å². The summed E-state index contributed by atoms with van der Waals surface area (Å²) >= 11 is 3.45. The molecule has 0 fully saturated rings. The highest BCUT2D eigenvalue weighted by molar-refractivity contribution is 9.10. The van der Waals surface area contributed by atoms with Crippen LogP contribution in [0.4, 0.5) is 0 Å². The predicted octanol–water partition coefficient (Wildman–Crippen LogP) is 5.90. The normalized spacial score (nSPS) is 10.8. The Morgan fingerprint density at radius 1 is 0.808 bits per heavy atom. The Morgan fingerprint density at radius 2 is 1.42 bits per heavy atom. The van der Waals surface area contributed by atoms with Crippen molar-refractivity contribution in [2.24, 2.45) is 0 Å². The minimum atomic E-state index is -0.377. The summed E-state index contributed by atoms with van der Waals surface area (Å²) in [4.78, 5) is 12.0. The molecule has 3 aromatic carbocycles. The first-order chi connectivity index (χ1) is 12.6. The molecule has 1 heterocycles. The van der Waals surface area contributed by atoms with Crippen LogP contribution in [-0.2, 0) is 0 Å². The summed E-state index contributed by atoms with van der Waals surface area (Å²) < 4.78 is 11.6. The molecule has 0 aliphatic heterocycles. The summed E-state index contributed by atoms with van der Waals surface area (Å²) in [6, 6.07) is 23.4. The van der Waals surface area contributed by atoms with Crippen LogP contribution in [0.15, 0.2) is 86.5 Å². The molecule has 0 saturated carbocycles. The minimum absolute atomic E-state index is 0.377. The van der Waals surface area contributed by atoms with Gasteiger partial charge in [-0.3, -0.25) is 0 Å². The third kappa shape index (κ3) is 3.16.